The van der Waals surface area contributed by atoms with E-state index in [1.807, 2.05) is 19.1 Å². The molecule has 3 rings (SSSR count). The predicted octanol–water partition coefficient (Wildman–Crippen LogP) is 6.56. The van der Waals surface area contributed by atoms with Gasteiger partial charge >= 0.3 is 6.18 Å². The van der Waals surface area contributed by atoms with Crippen LogP contribution >= 0.6 is 11.8 Å². The van der Waals surface area contributed by atoms with Crippen molar-refractivity contribution in [1.29, 1.82) is 0 Å². The number of rotatable bonds is 5. The Morgan fingerprint density at radius 1 is 0.893 bits per heavy atom. The van der Waals surface area contributed by atoms with Gasteiger partial charge in [-0.15, -0.1) is 11.8 Å². The van der Waals surface area contributed by atoms with Crippen molar-refractivity contribution in [3.05, 3.63) is 95.1 Å². The molecule has 0 saturated heterocycles. The van der Waals surface area contributed by atoms with Crippen LogP contribution in [0.25, 0.3) is 0 Å². The van der Waals surface area contributed by atoms with Crippen LogP contribution in [0.5, 0.6) is 0 Å². The van der Waals surface area contributed by atoms with Crippen LogP contribution in [-0.4, -0.2) is 5.91 Å². The monoisotopic (exact) mass is 401 g/mol. The highest BCUT2D eigenvalue weighted by atomic mass is 32.2. The number of amides is 1. The number of alkyl halides is 3. The molecule has 144 valence electrons. The Morgan fingerprint density at radius 2 is 1.50 bits per heavy atom. The summed E-state index contributed by atoms with van der Waals surface area (Å²) in [5.41, 5.74) is 2.31. The molecule has 0 aliphatic heterocycles. The Labute approximate surface area is 165 Å². The van der Waals surface area contributed by atoms with E-state index in [0.717, 1.165) is 23.4 Å². The average Bonchev–Trinajstić information content (AvgIpc) is 2.67. The van der Waals surface area contributed by atoms with Crippen LogP contribution in [0.3, 0.4) is 0 Å². The van der Waals surface area contributed by atoms with Crippen LogP contribution < -0.4 is 5.32 Å². The third-order valence-corrected chi connectivity index (χ3v) is 5.20. The minimum Gasteiger partial charge on any atom is -0.322 e. The van der Waals surface area contributed by atoms with Gasteiger partial charge in [0.25, 0.3) is 5.91 Å². The molecule has 3 aromatic carbocycles. The summed E-state index contributed by atoms with van der Waals surface area (Å²) in [6.45, 7) is 2.04. The zero-order chi connectivity index (χ0) is 20.1. The molecule has 0 bridgehead atoms. The summed E-state index contributed by atoms with van der Waals surface area (Å²) < 4.78 is 37.8. The number of carbonyl (C=O) groups is 1. The Kier molecular flexibility index (Phi) is 6.09. The number of halogens is 3. The third kappa shape index (κ3) is 5.39. The molecule has 0 fully saturated rings. The van der Waals surface area contributed by atoms with Gasteiger partial charge < -0.3 is 5.32 Å². The Hall–Kier alpha value is -2.73. The largest absolute Gasteiger partial charge is 0.416 e. The molecule has 1 N–H and O–H groups in total. The molecule has 0 aromatic heterocycles. The highest BCUT2D eigenvalue weighted by Crippen LogP contribution is 2.30. The lowest BCUT2D eigenvalue weighted by Crippen LogP contribution is -2.12. The van der Waals surface area contributed by atoms with Crippen LogP contribution in [0.15, 0.2) is 77.7 Å². The molecule has 1 amide bonds. The number of anilines is 1. The second-order valence-electron chi connectivity index (χ2n) is 6.33. The molecule has 6 heteroatoms. The van der Waals surface area contributed by atoms with Gasteiger partial charge in [-0.05, 0) is 61.0 Å². The van der Waals surface area contributed by atoms with Crippen molar-refractivity contribution < 1.29 is 18.0 Å². The van der Waals surface area contributed by atoms with E-state index in [4.69, 9.17) is 0 Å². The van der Waals surface area contributed by atoms with Crippen LogP contribution in [0.4, 0.5) is 18.9 Å². The van der Waals surface area contributed by atoms with Crippen LogP contribution in [0, 0.1) is 6.92 Å². The standard InChI is InChI=1S/C22H18F3NOS/c1-15-2-12-20(13-3-15)28-14-16-4-6-17(7-5-16)21(27)26-19-10-8-18(9-11-19)22(23,24)25/h2-13H,14H2,1H3,(H,26,27). The zero-order valence-corrected chi connectivity index (χ0v) is 15.9. The van der Waals surface area contributed by atoms with Crippen LogP contribution in [0.1, 0.15) is 27.0 Å². The van der Waals surface area contributed by atoms with Gasteiger partial charge in [-0.2, -0.15) is 13.2 Å². The minimum absolute atomic E-state index is 0.317. The fourth-order valence-corrected chi connectivity index (χ4v) is 3.35. The van der Waals surface area contributed by atoms with Gasteiger partial charge in [-0.1, -0.05) is 29.8 Å². The van der Waals surface area contributed by atoms with E-state index in [-0.39, 0.29) is 5.91 Å². The maximum absolute atomic E-state index is 12.6. The normalized spacial score (nSPS) is 11.3. The summed E-state index contributed by atoms with van der Waals surface area (Å²) in [5.74, 6) is 0.418. The smallest absolute Gasteiger partial charge is 0.322 e. The number of hydrogen-bond acceptors (Lipinski definition) is 2. The fraction of sp³-hybridized carbons (Fsp3) is 0.136. The Morgan fingerprint density at radius 3 is 2.07 bits per heavy atom. The summed E-state index contributed by atoms with van der Waals surface area (Å²) in [4.78, 5) is 13.5. The van der Waals surface area contributed by atoms with E-state index in [0.29, 0.717) is 11.3 Å². The summed E-state index contributed by atoms with van der Waals surface area (Å²) in [7, 11) is 0. The number of thioether (sulfide) groups is 1. The molecule has 0 heterocycles. The first-order valence-electron chi connectivity index (χ1n) is 8.58. The highest BCUT2D eigenvalue weighted by molar-refractivity contribution is 7.98. The molecule has 0 unspecified atom stereocenters. The Balaban J connectivity index is 1.58. The van der Waals surface area contributed by atoms with Gasteiger partial charge in [0.2, 0.25) is 0 Å². The second-order valence-corrected chi connectivity index (χ2v) is 7.38. The maximum Gasteiger partial charge on any atom is 0.416 e. The fourth-order valence-electron chi connectivity index (χ4n) is 2.50. The molecule has 28 heavy (non-hydrogen) atoms. The lowest BCUT2D eigenvalue weighted by Gasteiger charge is -2.09. The summed E-state index contributed by atoms with van der Waals surface area (Å²) >= 11 is 1.71. The number of hydrogen-bond donors (Lipinski definition) is 1. The maximum atomic E-state index is 12.6. The first-order valence-corrected chi connectivity index (χ1v) is 9.57. The van der Waals surface area contributed by atoms with E-state index < -0.39 is 11.7 Å². The zero-order valence-electron chi connectivity index (χ0n) is 15.1. The molecule has 2 nitrogen and oxygen atoms in total. The average molecular weight is 401 g/mol. The van der Waals surface area contributed by atoms with Crippen molar-refractivity contribution in [3.63, 3.8) is 0 Å². The number of benzene rings is 3. The van der Waals surface area contributed by atoms with Crippen molar-refractivity contribution in [3.8, 4) is 0 Å². The minimum atomic E-state index is -4.39. The van der Waals surface area contributed by atoms with E-state index >= 15 is 0 Å². The SMILES string of the molecule is Cc1ccc(SCc2ccc(C(=O)Nc3ccc(C(F)(F)F)cc3)cc2)cc1. The van der Waals surface area contributed by atoms with Crippen LogP contribution in [0.2, 0.25) is 0 Å². The molecule has 0 saturated carbocycles. The summed E-state index contributed by atoms with van der Waals surface area (Å²) in [5, 5.41) is 2.61. The molecule has 0 atom stereocenters. The summed E-state index contributed by atoms with van der Waals surface area (Å²) in [6.07, 6.45) is -4.39. The van der Waals surface area contributed by atoms with Gasteiger partial charge in [-0.3, -0.25) is 4.79 Å². The predicted molar refractivity (Wildman–Crippen MR) is 107 cm³/mol. The first kappa shape index (κ1) is 20.0. The lowest BCUT2D eigenvalue weighted by atomic mass is 10.1. The molecule has 3 aromatic rings. The van der Waals surface area contributed by atoms with Crippen molar-refractivity contribution in [2.45, 2.75) is 23.7 Å². The molecular weight excluding hydrogens is 383 g/mol. The molecule has 0 radical (unpaired) electrons. The van der Waals surface area contributed by atoms with Gasteiger partial charge in [0.1, 0.15) is 0 Å². The van der Waals surface area contributed by atoms with Crippen molar-refractivity contribution in [2.24, 2.45) is 0 Å². The van der Waals surface area contributed by atoms with Crippen molar-refractivity contribution >= 4 is 23.4 Å². The molecule has 0 aliphatic carbocycles. The quantitative estimate of drug-likeness (QED) is 0.491. The van der Waals surface area contributed by atoms with E-state index in [1.165, 1.54) is 22.6 Å². The van der Waals surface area contributed by atoms with Gasteiger partial charge in [0.05, 0.1) is 5.56 Å². The molecule has 0 spiro atoms. The van der Waals surface area contributed by atoms with E-state index in [9.17, 15) is 18.0 Å². The second kappa shape index (κ2) is 8.52. The molecular formula is C22H18F3NOS. The number of aryl methyl sites for hydroxylation is 1. The lowest BCUT2D eigenvalue weighted by molar-refractivity contribution is -0.137. The van der Waals surface area contributed by atoms with Gasteiger partial charge in [-0.25, -0.2) is 0 Å². The summed E-state index contributed by atoms with van der Waals surface area (Å²) in [6, 6.07) is 19.8. The van der Waals surface area contributed by atoms with Crippen molar-refractivity contribution in [2.75, 3.05) is 5.32 Å². The topological polar surface area (TPSA) is 29.1 Å². The number of carbonyl (C=O) groups excluding carboxylic acids is 1. The third-order valence-electron chi connectivity index (χ3n) is 4.11. The Bertz CT molecular complexity index is 934. The number of nitrogens with one attached hydrogen (secondary N) is 1. The van der Waals surface area contributed by atoms with Gasteiger partial charge in [0, 0.05) is 21.9 Å². The van der Waals surface area contributed by atoms with E-state index in [2.05, 4.69) is 29.6 Å². The van der Waals surface area contributed by atoms with E-state index in [1.54, 1.807) is 23.9 Å². The van der Waals surface area contributed by atoms with Crippen molar-refractivity contribution in [1.82, 2.24) is 0 Å². The highest BCUT2D eigenvalue weighted by Gasteiger charge is 2.29. The first-order chi connectivity index (χ1) is 13.3. The molecule has 0 aliphatic rings. The van der Waals surface area contributed by atoms with Crippen LogP contribution in [-0.2, 0) is 11.9 Å². The van der Waals surface area contributed by atoms with Gasteiger partial charge in [0.15, 0.2) is 0 Å².